The van der Waals surface area contributed by atoms with Crippen molar-refractivity contribution in [3.63, 3.8) is 0 Å². The van der Waals surface area contributed by atoms with Gasteiger partial charge in [0.25, 0.3) is 0 Å². The van der Waals surface area contributed by atoms with E-state index in [1.54, 1.807) is 0 Å². The number of anilines is 3. The first-order chi connectivity index (χ1) is 15.7. The molecule has 6 rings (SSSR count). The highest BCUT2D eigenvalue weighted by molar-refractivity contribution is 5.79. The summed E-state index contributed by atoms with van der Waals surface area (Å²) in [6.07, 6.45) is 4.84. The van der Waals surface area contributed by atoms with Crippen LogP contribution in [0.15, 0.2) is 84.9 Å². The molecule has 0 amide bonds. The standard InChI is InChI=1S/C31H29N/c1-21(2)22-3-5-23(6-4-22)24-11-15-29(16-12-24)32(30-17-13-25-7-9-27(25)19-30)31-18-14-26-8-10-28(26)20-31/h3-6,11-21H,7-10H2,1-2H3. The highest BCUT2D eigenvalue weighted by atomic mass is 15.1. The van der Waals surface area contributed by atoms with Gasteiger partial charge in [0, 0.05) is 17.1 Å². The van der Waals surface area contributed by atoms with Crippen molar-refractivity contribution in [2.24, 2.45) is 0 Å². The SMILES string of the molecule is CC(C)c1ccc(-c2ccc(N(c3ccc4c(c3)CC4)c3ccc4c(c3)CC4)cc2)cc1. The molecule has 0 heterocycles. The Hall–Kier alpha value is -3.32. The Morgan fingerprint density at radius 2 is 0.938 bits per heavy atom. The maximum atomic E-state index is 2.42. The highest BCUT2D eigenvalue weighted by Crippen LogP contribution is 2.40. The fraction of sp³-hybridized carbons (Fsp3) is 0.226. The smallest absolute Gasteiger partial charge is 0.0464 e. The molecule has 0 N–H and O–H groups in total. The lowest BCUT2D eigenvalue weighted by atomic mass is 9.87. The van der Waals surface area contributed by atoms with Crippen LogP contribution in [0.3, 0.4) is 0 Å². The van der Waals surface area contributed by atoms with Crippen LogP contribution in [0.4, 0.5) is 17.1 Å². The van der Waals surface area contributed by atoms with Crippen molar-refractivity contribution in [1.29, 1.82) is 0 Å². The van der Waals surface area contributed by atoms with Crippen molar-refractivity contribution in [3.8, 4) is 11.1 Å². The van der Waals surface area contributed by atoms with Crippen LogP contribution in [0.25, 0.3) is 11.1 Å². The topological polar surface area (TPSA) is 3.24 Å². The van der Waals surface area contributed by atoms with Crippen LogP contribution in [-0.4, -0.2) is 0 Å². The van der Waals surface area contributed by atoms with Crippen LogP contribution in [0.1, 0.15) is 47.6 Å². The van der Waals surface area contributed by atoms with Gasteiger partial charge in [-0.15, -0.1) is 0 Å². The molecule has 0 spiro atoms. The molecule has 1 nitrogen and oxygen atoms in total. The minimum atomic E-state index is 0.561. The third kappa shape index (κ3) is 3.33. The van der Waals surface area contributed by atoms with E-state index in [-0.39, 0.29) is 0 Å². The van der Waals surface area contributed by atoms with Crippen LogP contribution in [0.5, 0.6) is 0 Å². The van der Waals surface area contributed by atoms with E-state index >= 15 is 0 Å². The van der Waals surface area contributed by atoms with Gasteiger partial charge in [-0.1, -0.05) is 62.4 Å². The van der Waals surface area contributed by atoms with Crippen LogP contribution >= 0.6 is 0 Å². The Bertz CT molecular complexity index is 1220. The van der Waals surface area contributed by atoms with E-state index in [1.165, 1.54) is 81.7 Å². The lowest BCUT2D eigenvalue weighted by molar-refractivity contribution is 0.836. The fourth-order valence-electron chi connectivity index (χ4n) is 4.95. The molecule has 0 fully saturated rings. The number of aryl methyl sites for hydroxylation is 4. The summed E-state index contributed by atoms with van der Waals surface area (Å²) in [5, 5.41) is 0. The zero-order valence-electron chi connectivity index (χ0n) is 18.9. The third-order valence-corrected chi connectivity index (χ3v) is 7.26. The van der Waals surface area contributed by atoms with E-state index in [4.69, 9.17) is 0 Å². The molecular weight excluding hydrogens is 386 g/mol. The fourth-order valence-corrected chi connectivity index (χ4v) is 4.95. The van der Waals surface area contributed by atoms with Crippen LogP contribution < -0.4 is 4.90 Å². The largest absolute Gasteiger partial charge is 0.310 e. The Morgan fingerprint density at radius 3 is 1.34 bits per heavy atom. The maximum Gasteiger partial charge on any atom is 0.0464 e. The van der Waals surface area contributed by atoms with Gasteiger partial charge in [0.1, 0.15) is 0 Å². The van der Waals surface area contributed by atoms with Gasteiger partial charge in [-0.2, -0.15) is 0 Å². The molecule has 2 aliphatic carbocycles. The summed E-state index contributed by atoms with van der Waals surface area (Å²) in [4.78, 5) is 2.42. The molecule has 158 valence electrons. The van der Waals surface area contributed by atoms with E-state index in [9.17, 15) is 0 Å². The Morgan fingerprint density at radius 1 is 0.500 bits per heavy atom. The van der Waals surface area contributed by atoms with E-state index in [0.717, 1.165) is 0 Å². The molecule has 1 heteroatoms. The van der Waals surface area contributed by atoms with Crippen molar-refractivity contribution in [2.45, 2.75) is 45.4 Å². The van der Waals surface area contributed by atoms with Gasteiger partial charge >= 0.3 is 0 Å². The molecule has 4 aromatic rings. The summed E-state index contributed by atoms with van der Waals surface area (Å²) in [5.41, 5.74) is 13.7. The molecule has 0 saturated heterocycles. The Labute approximate surface area is 191 Å². The van der Waals surface area contributed by atoms with E-state index < -0.39 is 0 Å². The molecule has 32 heavy (non-hydrogen) atoms. The predicted octanol–water partition coefficient (Wildman–Crippen LogP) is 8.14. The summed E-state index contributed by atoms with van der Waals surface area (Å²) in [5.74, 6) is 0.561. The minimum Gasteiger partial charge on any atom is -0.310 e. The number of nitrogens with zero attached hydrogens (tertiary/aromatic N) is 1. The first kappa shape index (κ1) is 19.4. The van der Waals surface area contributed by atoms with E-state index in [2.05, 4.69) is 104 Å². The zero-order valence-corrected chi connectivity index (χ0v) is 18.9. The summed E-state index contributed by atoms with van der Waals surface area (Å²) in [6.45, 7) is 4.48. The summed E-state index contributed by atoms with van der Waals surface area (Å²) < 4.78 is 0. The normalized spacial score (nSPS) is 13.7. The van der Waals surface area contributed by atoms with Crippen molar-refractivity contribution >= 4 is 17.1 Å². The number of fused-ring (bicyclic) bond motifs is 2. The monoisotopic (exact) mass is 415 g/mol. The van der Waals surface area contributed by atoms with Gasteiger partial charge < -0.3 is 4.90 Å². The minimum absolute atomic E-state index is 0.561. The zero-order chi connectivity index (χ0) is 21.7. The number of hydrogen-bond acceptors (Lipinski definition) is 1. The molecule has 4 aromatic carbocycles. The summed E-state index contributed by atoms with van der Waals surface area (Å²) in [6, 6.07) is 32.0. The van der Waals surface area contributed by atoms with Crippen molar-refractivity contribution in [3.05, 3.63) is 113 Å². The second kappa shape index (κ2) is 7.67. The first-order valence-corrected chi connectivity index (χ1v) is 11.9. The number of hydrogen-bond donors (Lipinski definition) is 0. The average molecular weight is 416 g/mol. The second-order valence-electron chi connectivity index (χ2n) is 9.57. The molecule has 0 aliphatic heterocycles. The Balaban J connectivity index is 1.38. The highest BCUT2D eigenvalue weighted by Gasteiger charge is 2.20. The molecule has 0 bridgehead atoms. The maximum absolute atomic E-state index is 2.42. The first-order valence-electron chi connectivity index (χ1n) is 11.9. The van der Waals surface area contributed by atoms with Crippen molar-refractivity contribution < 1.29 is 0 Å². The number of rotatable bonds is 5. The van der Waals surface area contributed by atoms with Crippen LogP contribution in [0, 0.1) is 0 Å². The predicted molar refractivity (Wildman–Crippen MR) is 135 cm³/mol. The molecule has 0 radical (unpaired) electrons. The molecule has 0 saturated carbocycles. The average Bonchev–Trinajstić information content (AvgIpc) is 2.78. The molecule has 0 unspecified atom stereocenters. The van der Waals surface area contributed by atoms with Gasteiger partial charge in [-0.25, -0.2) is 0 Å². The molecule has 0 atom stereocenters. The van der Waals surface area contributed by atoms with Gasteiger partial charge in [-0.05, 0) is 107 Å². The van der Waals surface area contributed by atoms with Gasteiger partial charge in [0.15, 0.2) is 0 Å². The summed E-state index contributed by atoms with van der Waals surface area (Å²) >= 11 is 0. The van der Waals surface area contributed by atoms with Crippen LogP contribution in [-0.2, 0) is 25.7 Å². The van der Waals surface area contributed by atoms with Crippen molar-refractivity contribution in [2.75, 3.05) is 4.90 Å². The van der Waals surface area contributed by atoms with Crippen molar-refractivity contribution in [1.82, 2.24) is 0 Å². The molecule has 0 aromatic heterocycles. The molecular formula is C31H29N. The third-order valence-electron chi connectivity index (χ3n) is 7.26. The van der Waals surface area contributed by atoms with Crippen LogP contribution in [0.2, 0.25) is 0 Å². The number of benzene rings is 4. The Kier molecular flexibility index (Phi) is 4.64. The lowest BCUT2D eigenvalue weighted by Gasteiger charge is -2.30. The lowest BCUT2D eigenvalue weighted by Crippen LogP contribution is -2.15. The second-order valence-corrected chi connectivity index (χ2v) is 9.57. The van der Waals surface area contributed by atoms with E-state index in [0.29, 0.717) is 5.92 Å². The molecule has 2 aliphatic rings. The van der Waals surface area contributed by atoms with E-state index in [1.807, 2.05) is 0 Å². The quantitative estimate of drug-likeness (QED) is 0.318. The van der Waals surface area contributed by atoms with Gasteiger partial charge in [0.05, 0.1) is 0 Å². The van der Waals surface area contributed by atoms with Gasteiger partial charge in [0.2, 0.25) is 0 Å². The van der Waals surface area contributed by atoms with Gasteiger partial charge in [-0.3, -0.25) is 0 Å². The summed E-state index contributed by atoms with van der Waals surface area (Å²) in [7, 11) is 0.